The van der Waals surface area contributed by atoms with E-state index in [0.717, 1.165) is 83.2 Å². The van der Waals surface area contributed by atoms with Crippen LogP contribution in [0.25, 0.3) is 0 Å². The monoisotopic (exact) mass is 386 g/mol. The van der Waals surface area contributed by atoms with Crippen LogP contribution in [0.3, 0.4) is 0 Å². The summed E-state index contributed by atoms with van der Waals surface area (Å²) >= 11 is 0. The van der Waals surface area contributed by atoms with Gasteiger partial charge in [0.05, 0.1) is 6.10 Å². The Morgan fingerprint density at radius 2 is 1.93 bits per heavy atom. The van der Waals surface area contributed by atoms with Crippen molar-refractivity contribution in [2.24, 2.45) is 5.41 Å². The molecule has 3 heterocycles. The Bertz CT molecular complexity index is 679. The van der Waals surface area contributed by atoms with Crippen molar-refractivity contribution in [2.75, 3.05) is 24.5 Å². The summed E-state index contributed by atoms with van der Waals surface area (Å²) in [7, 11) is 0. The third-order valence-electron chi connectivity index (χ3n) is 7.21. The Balaban J connectivity index is 1.41. The maximum absolute atomic E-state index is 12.6. The molecule has 1 aromatic rings. The molecular formula is C22H34N4O2. The normalized spacial score (nSPS) is 28.0. The maximum atomic E-state index is 12.6. The number of carbonyl (C=O) groups excluding carboxylic acids is 1. The Labute approximate surface area is 168 Å². The van der Waals surface area contributed by atoms with E-state index in [4.69, 9.17) is 0 Å². The predicted molar refractivity (Wildman–Crippen MR) is 109 cm³/mol. The van der Waals surface area contributed by atoms with Crippen LogP contribution < -0.4 is 4.90 Å². The maximum Gasteiger partial charge on any atom is 0.222 e. The van der Waals surface area contributed by atoms with Gasteiger partial charge in [0, 0.05) is 43.9 Å². The van der Waals surface area contributed by atoms with Crippen molar-refractivity contribution in [1.82, 2.24) is 14.9 Å². The lowest BCUT2D eigenvalue weighted by Crippen LogP contribution is -2.55. The highest BCUT2D eigenvalue weighted by Crippen LogP contribution is 2.43. The van der Waals surface area contributed by atoms with Crippen LogP contribution >= 0.6 is 0 Å². The van der Waals surface area contributed by atoms with Gasteiger partial charge in [0.1, 0.15) is 12.1 Å². The minimum atomic E-state index is -0.168. The van der Waals surface area contributed by atoms with Crippen molar-refractivity contribution in [2.45, 2.75) is 83.3 Å². The number of anilines is 1. The van der Waals surface area contributed by atoms with Crippen molar-refractivity contribution < 1.29 is 9.90 Å². The summed E-state index contributed by atoms with van der Waals surface area (Å²) in [5.41, 5.74) is 1.51. The van der Waals surface area contributed by atoms with Crippen LogP contribution in [-0.2, 0) is 11.2 Å². The van der Waals surface area contributed by atoms with Gasteiger partial charge in [-0.3, -0.25) is 4.79 Å². The molecule has 1 amide bonds. The van der Waals surface area contributed by atoms with Gasteiger partial charge in [-0.05, 0) is 56.8 Å². The molecule has 1 aliphatic carbocycles. The molecule has 0 radical (unpaired) electrons. The van der Waals surface area contributed by atoms with E-state index >= 15 is 0 Å². The summed E-state index contributed by atoms with van der Waals surface area (Å²) in [6.07, 6.45) is 13.1. The molecule has 1 aromatic heterocycles. The highest BCUT2D eigenvalue weighted by atomic mass is 16.3. The Morgan fingerprint density at radius 3 is 2.64 bits per heavy atom. The Morgan fingerprint density at radius 1 is 1.18 bits per heavy atom. The van der Waals surface area contributed by atoms with E-state index in [1.54, 1.807) is 6.33 Å². The number of aromatic nitrogens is 2. The second-order valence-electron chi connectivity index (χ2n) is 9.09. The van der Waals surface area contributed by atoms with Gasteiger partial charge in [0.25, 0.3) is 0 Å². The van der Waals surface area contributed by atoms with Gasteiger partial charge in [0.15, 0.2) is 0 Å². The van der Waals surface area contributed by atoms with Gasteiger partial charge in [-0.15, -0.1) is 0 Å². The zero-order valence-electron chi connectivity index (χ0n) is 17.1. The molecular weight excluding hydrogens is 352 g/mol. The van der Waals surface area contributed by atoms with Crippen molar-refractivity contribution in [3.8, 4) is 0 Å². The quantitative estimate of drug-likeness (QED) is 0.862. The van der Waals surface area contributed by atoms with Gasteiger partial charge in [0.2, 0.25) is 5.91 Å². The molecule has 1 spiro atoms. The molecule has 3 aliphatic rings. The molecule has 0 aromatic carbocycles. The van der Waals surface area contributed by atoms with Crippen LogP contribution in [0.5, 0.6) is 0 Å². The smallest absolute Gasteiger partial charge is 0.222 e. The number of carbonyl (C=O) groups is 1. The third-order valence-corrected chi connectivity index (χ3v) is 7.21. The third kappa shape index (κ3) is 4.02. The minimum absolute atomic E-state index is 0.168. The van der Waals surface area contributed by atoms with Crippen LogP contribution in [-0.4, -0.2) is 57.7 Å². The topological polar surface area (TPSA) is 69.6 Å². The zero-order chi connectivity index (χ0) is 19.6. The SMILES string of the molecule is CCCc1cncnc1N1CCC2(CCC(=O)N(C3CCC(O)CC3)C2)CC1. The summed E-state index contributed by atoms with van der Waals surface area (Å²) in [6.45, 7) is 5.13. The second-order valence-corrected chi connectivity index (χ2v) is 9.09. The van der Waals surface area contributed by atoms with Gasteiger partial charge in [-0.2, -0.15) is 0 Å². The van der Waals surface area contributed by atoms with E-state index in [2.05, 4.69) is 26.7 Å². The lowest BCUT2D eigenvalue weighted by molar-refractivity contribution is -0.142. The van der Waals surface area contributed by atoms with E-state index in [-0.39, 0.29) is 11.5 Å². The minimum Gasteiger partial charge on any atom is -0.393 e. The van der Waals surface area contributed by atoms with Crippen molar-refractivity contribution in [3.63, 3.8) is 0 Å². The fourth-order valence-electron chi connectivity index (χ4n) is 5.43. The van der Waals surface area contributed by atoms with Gasteiger partial charge < -0.3 is 14.9 Å². The number of hydrogen-bond acceptors (Lipinski definition) is 5. The molecule has 4 rings (SSSR count). The molecule has 2 saturated heterocycles. The fraction of sp³-hybridized carbons (Fsp3) is 0.773. The first-order chi connectivity index (χ1) is 13.6. The molecule has 154 valence electrons. The van der Waals surface area contributed by atoms with Crippen LogP contribution in [0.1, 0.15) is 70.3 Å². The molecule has 28 heavy (non-hydrogen) atoms. The number of aliphatic hydroxyl groups is 1. The fourth-order valence-corrected chi connectivity index (χ4v) is 5.43. The van der Waals surface area contributed by atoms with E-state index in [1.807, 2.05) is 6.20 Å². The summed E-state index contributed by atoms with van der Waals surface area (Å²) in [5.74, 6) is 1.44. The van der Waals surface area contributed by atoms with Gasteiger partial charge >= 0.3 is 0 Å². The Hall–Kier alpha value is -1.69. The first-order valence-electron chi connectivity index (χ1n) is 11.1. The molecule has 6 heteroatoms. The highest BCUT2D eigenvalue weighted by molar-refractivity contribution is 5.77. The predicted octanol–water partition coefficient (Wildman–Crippen LogP) is 2.94. The standard InChI is InChI=1S/C22H34N4O2/c1-2-3-17-14-23-16-24-21(17)25-12-10-22(11-13-25)9-8-20(28)26(15-22)18-4-6-19(27)7-5-18/h14,16,18-19,27H,2-13,15H2,1H3. The Kier molecular flexibility index (Phi) is 5.85. The molecule has 1 saturated carbocycles. The molecule has 3 fully saturated rings. The number of aryl methyl sites for hydroxylation is 1. The first-order valence-corrected chi connectivity index (χ1v) is 11.1. The molecule has 0 unspecified atom stereocenters. The highest BCUT2D eigenvalue weighted by Gasteiger charge is 2.43. The lowest BCUT2D eigenvalue weighted by atomic mass is 9.71. The molecule has 2 aliphatic heterocycles. The summed E-state index contributed by atoms with van der Waals surface area (Å²) in [6, 6.07) is 0.337. The van der Waals surface area contributed by atoms with Crippen LogP contribution in [0, 0.1) is 5.41 Å². The van der Waals surface area contributed by atoms with Gasteiger partial charge in [-0.1, -0.05) is 13.3 Å². The van der Waals surface area contributed by atoms with Crippen molar-refractivity contribution in [1.29, 1.82) is 0 Å². The van der Waals surface area contributed by atoms with Crippen LogP contribution in [0.2, 0.25) is 0 Å². The number of rotatable bonds is 4. The number of hydrogen-bond donors (Lipinski definition) is 1. The lowest BCUT2D eigenvalue weighted by Gasteiger charge is -2.50. The van der Waals surface area contributed by atoms with Crippen LogP contribution in [0.15, 0.2) is 12.5 Å². The van der Waals surface area contributed by atoms with Crippen molar-refractivity contribution >= 4 is 11.7 Å². The number of piperidine rings is 2. The summed E-state index contributed by atoms with van der Waals surface area (Å²) in [4.78, 5) is 26.1. The van der Waals surface area contributed by atoms with E-state index < -0.39 is 0 Å². The first kappa shape index (κ1) is 19.6. The van der Waals surface area contributed by atoms with E-state index in [9.17, 15) is 9.90 Å². The molecule has 0 bridgehead atoms. The summed E-state index contributed by atoms with van der Waals surface area (Å²) < 4.78 is 0. The number of aliphatic hydroxyl groups excluding tert-OH is 1. The number of likely N-dealkylation sites (tertiary alicyclic amines) is 1. The molecule has 6 nitrogen and oxygen atoms in total. The summed E-state index contributed by atoms with van der Waals surface area (Å²) in [5, 5.41) is 9.81. The van der Waals surface area contributed by atoms with Crippen molar-refractivity contribution in [3.05, 3.63) is 18.1 Å². The van der Waals surface area contributed by atoms with Crippen LogP contribution in [0.4, 0.5) is 5.82 Å². The van der Waals surface area contributed by atoms with E-state index in [0.29, 0.717) is 18.4 Å². The zero-order valence-corrected chi connectivity index (χ0v) is 17.1. The molecule has 1 N–H and O–H groups in total. The average molecular weight is 387 g/mol. The largest absolute Gasteiger partial charge is 0.393 e. The second kappa shape index (κ2) is 8.36. The molecule has 0 atom stereocenters. The van der Waals surface area contributed by atoms with Gasteiger partial charge in [-0.25, -0.2) is 9.97 Å². The number of amides is 1. The number of nitrogens with zero attached hydrogens (tertiary/aromatic N) is 4. The average Bonchev–Trinajstić information content (AvgIpc) is 2.72. The van der Waals surface area contributed by atoms with E-state index in [1.165, 1.54) is 5.56 Å².